The van der Waals surface area contributed by atoms with Crippen molar-refractivity contribution in [3.63, 3.8) is 0 Å². The molecule has 18 heavy (non-hydrogen) atoms. The molecule has 0 atom stereocenters. The van der Waals surface area contributed by atoms with Crippen LogP contribution in [-0.2, 0) is 6.54 Å². The van der Waals surface area contributed by atoms with E-state index in [1.54, 1.807) is 18.4 Å². The summed E-state index contributed by atoms with van der Waals surface area (Å²) in [6.45, 7) is 4.05. The van der Waals surface area contributed by atoms with Crippen molar-refractivity contribution in [3.05, 3.63) is 35.3 Å². The Labute approximate surface area is 112 Å². The first-order chi connectivity index (χ1) is 8.83. The molecule has 1 aromatic carbocycles. The van der Waals surface area contributed by atoms with Gasteiger partial charge in [0.1, 0.15) is 10.8 Å². The van der Waals surface area contributed by atoms with Gasteiger partial charge in [0.05, 0.1) is 12.8 Å². The molecule has 4 heteroatoms. The van der Waals surface area contributed by atoms with Crippen LogP contribution in [0.3, 0.4) is 0 Å². The highest BCUT2D eigenvalue weighted by Gasteiger charge is 2.04. The zero-order valence-corrected chi connectivity index (χ0v) is 11.6. The van der Waals surface area contributed by atoms with E-state index in [-0.39, 0.29) is 0 Å². The summed E-state index contributed by atoms with van der Waals surface area (Å²) >= 11 is 1.68. The number of methoxy groups -OCH3 is 1. The largest absolute Gasteiger partial charge is 0.497 e. The smallest absolute Gasteiger partial charge is 0.123 e. The molecule has 2 aromatic rings. The highest BCUT2D eigenvalue weighted by atomic mass is 32.1. The van der Waals surface area contributed by atoms with Crippen molar-refractivity contribution in [3.8, 4) is 16.3 Å². The van der Waals surface area contributed by atoms with Crippen LogP contribution in [0.4, 0.5) is 0 Å². The molecule has 0 radical (unpaired) electrons. The second kappa shape index (κ2) is 6.52. The lowest BCUT2D eigenvalue weighted by atomic mass is 10.2. The molecule has 0 aliphatic rings. The molecule has 0 unspecified atom stereocenters. The van der Waals surface area contributed by atoms with Gasteiger partial charge in [0, 0.05) is 17.5 Å². The minimum atomic E-state index is 0.848. The molecule has 96 valence electrons. The summed E-state index contributed by atoms with van der Waals surface area (Å²) in [4.78, 5) is 4.62. The van der Waals surface area contributed by atoms with E-state index in [1.165, 1.54) is 0 Å². The molecule has 1 N–H and O–H groups in total. The van der Waals surface area contributed by atoms with Gasteiger partial charge in [0.25, 0.3) is 0 Å². The zero-order valence-electron chi connectivity index (χ0n) is 10.8. The third-order valence-corrected chi connectivity index (χ3v) is 3.56. The van der Waals surface area contributed by atoms with Gasteiger partial charge in [0.15, 0.2) is 0 Å². The van der Waals surface area contributed by atoms with Gasteiger partial charge >= 0.3 is 0 Å². The fourth-order valence-electron chi connectivity index (χ4n) is 1.65. The fraction of sp³-hybridized carbons (Fsp3) is 0.357. The number of aromatic nitrogens is 1. The van der Waals surface area contributed by atoms with E-state index in [0.717, 1.165) is 41.5 Å². The summed E-state index contributed by atoms with van der Waals surface area (Å²) in [5.41, 5.74) is 2.25. The molecule has 0 fully saturated rings. The summed E-state index contributed by atoms with van der Waals surface area (Å²) in [5.74, 6) is 0.875. The third kappa shape index (κ3) is 3.31. The Hall–Kier alpha value is -1.39. The predicted molar refractivity (Wildman–Crippen MR) is 76.1 cm³/mol. The van der Waals surface area contributed by atoms with Crippen molar-refractivity contribution < 1.29 is 4.74 Å². The lowest BCUT2D eigenvalue weighted by Crippen LogP contribution is -2.13. The molecule has 0 aliphatic carbocycles. The second-order valence-electron chi connectivity index (χ2n) is 4.05. The van der Waals surface area contributed by atoms with Crippen molar-refractivity contribution in [2.24, 2.45) is 0 Å². The molecule has 3 nitrogen and oxygen atoms in total. The molecule has 2 rings (SSSR count). The van der Waals surface area contributed by atoms with Crippen LogP contribution in [0.25, 0.3) is 10.6 Å². The van der Waals surface area contributed by atoms with Gasteiger partial charge in [0.2, 0.25) is 0 Å². The van der Waals surface area contributed by atoms with Gasteiger partial charge in [-0.15, -0.1) is 11.3 Å². The predicted octanol–water partition coefficient (Wildman–Crippen LogP) is 3.32. The Morgan fingerprint density at radius 2 is 2.06 bits per heavy atom. The van der Waals surface area contributed by atoms with Gasteiger partial charge in [-0.05, 0) is 37.2 Å². The molecule has 1 heterocycles. The molecule has 0 saturated heterocycles. The lowest BCUT2D eigenvalue weighted by Gasteiger charge is -2.00. The Morgan fingerprint density at radius 3 is 2.72 bits per heavy atom. The van der Waals surface area contributed by atoms with E-state index in [2.05, 4.69) is 22.6 Å². The number of thiazole rings is 1. The highest BCUT2D eigenvalue weighted by Crippen LogP contribution is 2.25. The standard InChI is InChI=1S/C14H18N2OS/c1-3-8-15-9-12-10-18-14(16-12)11-4-6-13(17-2)7-5-11/h4-7,10,15H,3,8-9H2,1-2H3. The summed E-state index contributed by atoms with van der Waals surface area (Å²) in [5, 5.41) is 6.53. The van der Waals surface area contributed by atoms with Crippen LogP contribution < -0.4 is 10.1 Å². The minimum absolute atomic E-state index is 0.848. The van der Waals surface area contributed by atoms with Crippen LogP contribution in [0.1, 0.15) is 19.0 Å². The summed E-state index contributed by atoms with van der Waals surface area (Å²) in [6, 6.07) is 8.01. The summed E-state index contributed by atoms with van der Waals surface area (Å²) in [6.07, 6.45) is 1.15. The van der Waals surface area contributed by atoms with Crippen LogP contribution in [-0.4, -0.2) is 18.6 Å². The minimum Gasteiger partial charge on any atom is -0.497 e. The van der Waals surface area contributed by atoms with Crippen LogP contribution in [0, 0.1) is 0 Å². The maximum Gasteiger partial charge on any atom is 0.123 e. The van der Waals surface area contributed by atoms with Gasteiger partial charge in [-0.25, -0.2) is 4.98 Å². The quantitative estimate of drug-likeness (QED) is 0.811. The van der Waals surface area contributed by atoms with Crippen LogP contribution in [0.5, 0.6) is 5.75 Å². The van der Waals surface area contributed by atoms with Gasteiger partial charge in [-0.1, -0.05) is 6.92 Å². The maximum absolute atomic E-state index is 5.15. The van der Waals surface area contributed by atoms with Crippen molar-refractivity contribution >= 4 is 11.3 Å². The molecule has 1 aromatic heterocycles. The number of hydrogen-bond donors (Lipinski definition) is 1. The molecule has 0 aliphatic heterocycles. The van der Waals surface area contributed by atoms with Crippen molar-refractivity contribution in [1.29, 1.82) is 0 Å². The number of rotatable bonds is 6. The van der Waals surface area contributed by atoms with Gasteiger partial charge in [-0.2, -0.15) is 0 Å². The van der Waals surface area contributed by atoms with E-state index >= 15 is 0 Å². The number of benzene rings is 1. The Balaban J connectivity index is 2.04. The third-order valence-electron chi connectivity index (χ3n) is 2.62. The SMILES string of the molecule is CCCNCc1csc(-c2ccc(OC)cc2)n1. The normalized spacial score (nSPS) is 10.6. The fourth-order valence-corrected chi connectivity index (χ4v) is 2.47. The average molecular weight is 262 g/mol. The Kier molecular flexibility index (Phi) is 4.73. The highest BCUT2D eigenvalue weighted by molar-refractivity contribution is 7.13. The zero-order chi connectivity index (χ0) is 12.8. The lowest BCUT2D eigenvalue weighted by molar-refractivity contribution is 0.415. The van der Waals surface area contributed by atoms with Crippen molar-refractivity contribution in [1.82, 2.24) is 10.3 Å². The van der Waals surface area contributed by atoms with Crippen LogP contribution in [0.2, 0.25) is 0 Å². The molecular weight excluding hydrogens is 244 g/mol. The Bertz CT molecular complexity index is 479. The molecule has 0 saturated carbocycles. The first kappa shape index (κ1) is 13.1. The number of nitrogens with zero attached hydrogens (tertiary/aromatic N) is 1. The summed E-state index contributed by atoms with van der Waals surface area (Å²) in [7, 11) is 1.68. The molecule has 0 spiro atoms. The number of hydrogen-bond acceptors (Lipinski definition) is 4. The van der Waals surface area contributed by atoms with E-state index in [1.807, 2.05) is 24.3 Å². The first-order valence-electron chi connectivity index (χ1n) is 6.13. The monoisotopic (exact) mass is 262 g/mol. The van der Waals surface area contributed by atoms with E-state index in [0.29, 0.717) is 0 Å². The number of ether oxygens (including phenoxy) is 1. The topological polar surface area (TPSA) is 34.1 Å². The summed E-state index contributed by atoms with van der Waals surface area (Å²) < 4.78 is 5.15. The van der Waals surface area contributed by atoms with Gasteiger partial charge < -0.3 is 10.1 Å². The Morgan fingerprint density at radius 1 is 1.28 bits per heavy atom. The average Bonchev–Trinajstić information content (AvgIpc) is 2.88. The van der Waals surface area contributed by atoms with E-state index in [9.17, 15) is 0 Å². The number of nitrogens with one attached hydrogen (secondary N) is 1. The van der Waals surface area contributed by atoms with Crippen molar-refractivity contribution in [2.75, 3.05) is 13.7 Å². The molecular formula is C14H18N2OS. The maximum atomic E-state index is 5.15. The first-order valence-corrected chi connectivity index (χ1v) is 7.01. The van der Waals surface area contributed by atoms with Crippen LogP contribution in [0.15, 0.2) is 29.6 Å². The second-order valence-corrected chi connectivity index (χ2v) is 4.91. The van der Waals surface area contributed by atoms with E-state index < -0.39 is 0 Å². The molecule has 0 bridgehead atoms. The van der Waals surface area contributed by atoms with Gasteiger partial charge in [-0.3, -0.25) is 0 Å². The van der Waals surface area contributed by atoms with E-state index in [4.69, 9.17) is 4.74 Å². The van der Waals surface area contributed by atoms with Crippen LogP contribution >= 0.6 is 11.3 Å². The van der Waals surface area contributed by atoms with Crippen molar-refractivity contribution in [2.45, 2.75) is 19.9 Å². The molecule has 0 amide bonds.